The molecule has 0 radical (unpaired) electrons. The van der Waals surface area contributed by atoms with E-state index in [2.05, 4.69) is 0 Å². The average molecular weight is 161 g/mol. The van der Waals surface area contributed by atoms with Crippen molar-refractivity contribution in [1.82, 2.24) is 0 Å². The van der Waals surface area contributed by atoms with Crippen LogP contribution in [-0.4, -0.2) is 6.04 Å². The van der Waals surface area contributed by atoms with Crippen molar-refractivity contribution < 1.29 is 0 Å². The second kappa shape index (κ2) is 1.30. The molecule has 6 saturated carbocycles. The van der Waals surface area contributed by atoms with Crippen molar-refractivity contribution in [2.45, 2.75) is 18.9 Å². The van der Waals surface area contributed by atoms with Crippen LogP contribution in [0, 0.1) is 47.3 Å². The van der Waals surface area contributed by atoms with Gasteiger partial charge in [0.05, 0.1) is 0 Å². The normalized spacial score (nSPS) is 85.2. The predicted octanol–water partition coefficient (Wildman–Crippen LogP) is 1.09. The second-order valence-corrected chi connectivity index (χ2v) is 6.01. The molecule has 6 aliphatic carbocycles. The zero-order valence-corrected chi connectivity index (χ0v) is 7.19. The highest BCUT2D eigenvalue weighted by Crippen LogP contribution is 2.82. The summed E-state index contributed by atoms with van der Waals surface area (Å²) in [6.07, 6.45) is 3.18. The third-order valence-corrected chi connectivity index (χ3v) is 6.38. The van der Waals surface area contributed by atoms with E-state index >= 15 is 0 Å². The predicted molar refractivity (Wildman–Crippen MR) is 45.1 cm³/mol. The molecule has 9 atom stereocenters. The Hall–Kier alpha value is -0.0400. The van der Waals surface area contributed by atoms with Gasteiger partial charge in [0.1, 0.15) is 0 Å². The summed E-state index contributed by atoms with van der Waals surface area (Å²) in [5.74, 6) is 8.84. The van der Waals surface area contributed by atoms with Gasteiger partial charge in [-0.1, -0.05) is 0 Å². The number of hydrogen-bond donors (Lipinski definition) is 1. The van der Waals surface area contributed by atoms with E-state index in [-0.39, 0.29) is 0 Å². The first kappa shape index (κ1) is 5.64. The Morgan fingerprint density at radius 2 is 1.17 bits per heavy atom. The van der Waals surface area contributed by atoms with Crippen LogP contribution in [0.25, 0.3) is 0 Å². The first-order valence-corrected chi connectivity index (χ1v) is 5.63. The maximum atomic E-state index is 6.34. The summed E-state index contributed by atoms with van der Waals surface area (Å²) in [6.45, 7) is 0. The van der Waals surface area contributed by atoms with Gasteiger partial charge in [-0.15, -0.1) is 0 Å². The molecule has 0 amide bonds. The Bertz CT molecular complexity index is 251. The molecule has 0 aromatic heterocycles. The van der Waals surface area contributed by atoms with Crippen LogP contribution in [-0.2, 0) is 0 Å². The quantitative estimate of drug-likeness (QED) is 0.565. The molecule has 0 aromatic carbocycles. The maximum absolute atomic E-state index is 6.34. The molecule has 1 nitrogen and oxygen atoms in total. The van der Waals surface area contributed by atoms with Crippen LogP contribution in [0.3, 0.4) is 0 Å². The highest BCUT2D eigenvalue weighted by Gasteiger charge is 2.79. The minimum absolute atomic E-state index is 0.646. The third-order valence-electron chi connectivity index (χ3n) is 6.38. The number of nitrogens with two attached hydrogens (primary N) is 1. The number of rotatable bonds is 0. The van der Waals surface area contributed by atoms with Gasteiger partial charge in [-0.25, -0.2) is 0 Å². The van der Waals surface area contributed by atoms with Crippen molar-refractivity contribution in [3.63, 3.8) is 0 Å². The van der Waals surface area contributed by atoms with Crippen LogP contribution in [0.4, 0.5) is 0 Å². The van der Waals surface area contributed by atoms with Crippen molar-refractivity contribution >= 4 is 0 Å². The average Bonchev–Trinajstić information content (AvgIpc) is 2.68. The van der Waals surface area contributed by atoms with Gasteiger partial charge in [0.15, 0.2) is 0 Å². The SMILES string of the molecule is NC1[C@@H]2[C@@H]3C[C@H]4[C@H]5C[C@@H]([C@H]1[C@@H]53)[C@@H]42. The van der Waals surface area contributed by atoms with Crippen LogP contribution in [0.15, 0.2) is 0 Å². The summed E-state index contributed by atoms with van der Waals surface area (Å²) in [7, 11) is 0. The molecule has 0 spiro atoms. The van der Waals surface area contributed by atoms with Gasteiger partial charge in [-0.2, -0.15) is 0 Å². The molecule has 1 heteroatoms. The molecule has 2 N–H and O–H groups in total. The van der Waals surface area contributed by atoms with Crippen molar-refractivity contribution in [1.29, 1.82) is 0 Å². The lowest BCUT2D eigenvalue weighted by Gasteiger charge is -2.33. The Balaban J connectivity index is 1.89. The minimum Gasteiger partial charge on any atom is -0.327 e. The van der Waals surface area contributed by atoms with Crippen LogP contribution < -0.4 is 5.73 Å². The van der Waals surface area contributed by atoms with Crippen molar-refractivity contribution in [3.05, 3.63) is 0 Å². The first-order chi connectivity index (χ1) is 5.88. The van der Waals surface area contributed by atoms with Gasteiger partial charge in [0.2, 0.25) is 0 Å². The van der Waals surface area contributed by atoms with E-state index in [9.17, 15) is 0 Å². The molecule has 6 fully saturated rings. The number of hydrogen-bond acceptors (Lipinski definition) is 1. The summed E-state index contributed by atoms with van der Waals surface area (Å²) in [5, 5.41) is 0. The fourth-order valence-corrected chi connectivity index (χ4v) is 6.69. The largest absolute Gasteiger partial charge is 0.327 e. The molecule has 0 heterocycles. The molecule has 0 saturated heterocycles. The molecule has 0 aliphatic heterocycles. The summed E-state index contributed by atoms with van der Waals surface area (Å²) in [5.41, 5.74) is 6.34. The molecule has 6 rings (SSSR count). The summed E-state index contributed by atoms with van der Waals surface area (Å²) >= 11 is 0. The molecular weight excluding hydrogens is 146 g/mol. The molecule has 64 valence electrons. The van der Waals surface area contributed by atoms with Crippen LogP contribution in [0.1, 0.15) is 12.8 Å². The highest BCUT2D eigenvalue weighted by atomic mass is 14.9. The van der Waals surface area contributed by atoms with E-state index in [1.807, 2.05) is 0 Å². The molecular formula is C11H15N. The van der Waals surface area contributed by atoms with Crippen LogP contribution >= 0.6 is 0 Å². The molecule has 6 aliphatic rings. The van der Waals surface area contributed by atoms with E-state index in [0.717, 1.165) is 35.5 Å². The van der Waals surface area contributed by atoms with Crippen LogP contribution in [0.2, 0.25) is 0 Å². The van der Waals surface area contributed by atoms with E-state index in [0.29, 0.717) is 6.04 Å². The third kappa shape index (κ3) is 0.296. The lowest BCUT2D eigenvalue weighted by atomic mass is 9.71. The van der Waals surface area contributed by atoms with Crippen LogP contribution in [0.5, 0.6) is 0 Å². The fourth-order valence-electron chi connectivity index (χ4n) is 6.69. The van der Waals surface area contributed by atoms with E-state index < -0.39 is 0 Å². The zero-order chi connectivity index (χ0) is 7.61. The Kier molecular flexibility index (Phi) is 0.609. The first-order valence-electron chi connectivity index (χ1n) is 5.63. The summed E-state index contributed by atoms with van der Waals surface area (Å²) < 4.78 is 0. The molecule has 12 heavy (non-hydrogen) atoms. The van der Waals surface area contributed by atoms with Gasteiger partial charge in [0, 0.05) is 6.04 Å². The fraction of sp³-hybridized carbons (Fsp3) is 1.00. The van der Waals surface area contributed by atoms with Gasteiger partial charge in [-0.05, 0) is 60.2 Å². The maximum Gasteiger partial charge on any atom is 0.0107 e. The smallest absolute Gasteiger partial charge is 0.0107 e. The Labute approximate surface area is 72.7 Å². The monoisotopic (exact) mass is 161 g/mol. The van der Waals surface area contributed by atoms with Gasteiger partial charge >= 0.3 is 0 Å². The lowest BCUT2D eigenvalue weighted by Crippen LogP contribution is -2.30. The van der Waals surface area contributed by atoms with Gasteiger partial charge in [-0.3, -0.25) is 0 Å². The van der Waals surface area contributed by atoms with E-state index in [1.54, 1.807) is 12.8 Å². The van der Waals surface area contributed by atoms with E-state index in [4.69, 9.17) is 5.73 Å². The van der Waals surface area contributed by atoms with Gasteiger partial charge < -0.3 is 5.73 Å². The Morgan fingerprint density at radius 3 is 1.67 bits per heavy atom. The molecule has 6 bridgehead atoms. The minimum atomic E-state index is 0.646. The highest BCUT2D eigenvalue weighted by molar-refractivity contribution is 5.28. The lowest BCUT2D eigenvalue weighted by molar-refractivity contribution is 0.132. The van der Waals surface area contributed by atoms with Crippen molar-refractivity contribution in [3.8, 4) is 0 Å². The van der Waals surface area contributed by atoms with Crippen molar-refractivity contribution in [2.24, 2.45) is 53.1 Å². The zero-order valence-electron chi connectivity index (χ0n) is 7.19. The van der Waals surface area contributed by atoms with Crippen molar-refractivity contribution in [2.75, 3.05) is 0 Å². The summed E-state index contributed by atoms with van der Waals surface area (Å²) in [6, 6.07) is 0.646. The topological polar surface area (TPSA) is 26.0 Å². The van der Waals surface area contributed by atoms with E-state index in [1.165, 1.54) is 11.8 Å². The standard InChI is InChI=1S/C11H15N/c12-11-9-5-1-3-4-2-6(7(3)9)10(11)8(4)5/h3-11H,1-2,12H2/t3-,4+,5-,6-,7+,8-,9+,10-,11?/m1/s1. The second-order valence-electron chi connectivity index (χ2n) is 6.01. The molecule has 0 aromatic rings. The molecule has 1 unspecified atom stereocenters. The van der Waals surface area contributed by atoms with Gasteiger partial charge in [0.25, 0.3) is 0 Å². The Morgan fingerprint density at radius 1 is 0.667 bits per heavy atom. The summed E-state index contributed by atoms with van der Waals surface area (Å²) in [4.78, 5) is 0.